The molecule has 2 aromatic carbocycles. The van der Waals surface area contributed by atoms with Crippen LogP contribution in [0, 0.1) is 0 Å². The Morgan fingerprint density at radius 1 is 0.962 bits per heavy atom. The van der Waals surface area contributed by atoms with Crippen LogP contribution in [0.25, 0.3) is 21.8 Å². The molecule has 1 saturated heterocycles. The highest BCUT2D eigenvalue weighted by Crippen LogP contribution is 2.30. The second-order valence-electron chi connectivity index (χ2n) is 6.79. The summed E-state index contributed by atoms with van der Waals surface area (Å²) in [6.07, 6.45) is 2.56. The molecule has 0 bridgehead atoms. The number of guanidine groups is 1. The van der Waals surface area contributed by atoms with E-state index < -0.39 is 5.91 Å². The summed E-state index contributed by atoms with van der Waals surface area (Å²) in [4.78, 5) is 18.4. The lowest BCUT2D eigenvalue weighted by atomic mass is 10.1. The number of hydrogen-bond donors (Lipinski definition) is 2. The molecule has 1 aromatic heterocycles. The van der Waals surface area contributed by atoms with Crippen molar-refractivity contribution >= 4 is 33.7 Å². The summed E-state index contributed by atoms with van der Waals surface area (Å²) >= 11 is 0. The number of para-hydroxylation sites is 1. The summed E-state index contributed by atoms with van der Waals surface area (Å²) in [6.45, 7) is 4.25. The van der Waals surface area contributed by atoms with Crippen molar-refractivity contribution in [2.75, 3.05) is 19.6 Å². The van der Waals surface area contributed by atoms with Crippen LogP contribution in [0.15, 0.2) is 47.5 Å². The zero-order valence-electron chi connectivity index (χ0n) is 14.7. The van der Waals surface area contributed by atoms with E-state index >= 15 is 0 Å². The first-order chi connectivity index (χ1) is 12.6. The fourth-order valence-corrected chi connectivity index (χ4v) is 3.85. The minimum Gasteiger partial charge on any atom is -0.370 e. The lowest BCUT2D eigenvalue weighted by Crippen LogP contribution is -2.24. The van der Waals surface area contributed by atoms with Gasteiger partial charge in [0.05, 0.1) is 0 Å². The number of fused-ring (bicyclic) bond motifs is 3. The van der Waals surface area contributed by atoms with Crippen molar-refractivity contribution in [1.82, 2.24) is 9.47 Å². The van der Waals surface area contributed by atoms with E-state index in [2.05, 4.69) is 32.7 Å². The summed E-state index contributed by atoms with van der Waals surface area (Å²) in [7, 11) is 0. The quantitative estimate of drug-likeness (QED) is 0.559. The van der Waals surface area contributed by atoms with Gasteiger partial charge in [0.15, 0.2) is 5.96 Å². The fourth-order valence-electron chi connectivity index (χ4n) is 3.85. The molecule has 1 aliphatic rings. The number of nitrogens with zero attached hydrogens (tertiary/aromatic N) is 3. The molecule has 6 nitrogen and oxygen atoms in total. The van der Waals surface area contributed by atoms with Crippen LogP contribution in [0.5, 0.6) is 0 Å². The van der Waals surface area contributed by atoms with Gasteiger partial charge in [0.2, 0.25) is 0 Å². The van der Waals surface area contributed by atoms with Gasteiger partial charge in [-0.1, -0.05) is 24.3 Å². The van der Waals surface area contributed by atoms with Crippen molar-refractivity contribution in [2.45, 2.75) is 19.4 Å². The predicted molar refractivity (Wildman–Crippen MR) is 105 cm³/mol. The average Bonchev–Trinajstić information content (AvgIpc) is 3.25. The van der Waals surface area contributed by atoms with Crippen LogP contribution in [0.2, 0.25) is 0 Å². The molecule has 0 atom stereocenters. The van der Waals surface area contributed by atoms with Crippen LogP contribution in [0.4, 0.5) is 0 Å². The topological polar surface area (TPSA) is 89.6 Å². The predicted octanol–water partition coefficient (Wildman–Crippen LogP) is 2.30. The number of hydrogen-bond acceptors (Lipinski definition) is 2. The Kier molecular flexibility index (Phi) is 4.34. The summed E-state index contributed by atoms with van der Waals surface area (Å²) in [5.41, 5.74) is 13.4. The highest BCUT2D eigenvalue weighted by Gasteiger charge is 2.16. The number of carbonyl (C=O) groups excluding carboxylic acids is 1. The molecule has 6 heteroatoms. The molecule has 2 heterocycles. The number of carbonyl (C=O) groups is 1. The van der Waals surface area contributed by atoms with Crippen molar-refractivity contribution in [1.29, 1.82) is 0 Å². The monoisotopic (exact) mass is 349 g/mol. The van der Waals surface area contributed by atoms with Crippen LogP contribution in [0.1, 0.15) is 23.2 Å². The van der Waals surface area contributed by atoms with Crippen LogP contribution in [-0.4, -0.2) is 41.0 Å². The lowest BCUT2D eigenvalue weighted by Gasteiger charge is -2.16. The zero-order chi connectivity index (χ0) is 18.1. The lowest BCUT2D eigenvalue weighted by molar-refractivity contribution is 0.100. The largest absolute Gasteiger partial charge is 0.370 e. The number of aliphatic imine (C=N–C) groups is 1. The maximum atomic E-state index is 12.2. The molecule has 26 heavy (non-hydrogen) atoms. The van der Waals surface area contributed by atoms with Gasteiger partial charge in [-0.05, 0) is 44.1 Å². The normalized spacial score (nSPS) is 14.9. The van der Waals surface area contributed by atoms with E-state index in [9.17, 15) is 4.79 Å². The molecule has 1 amide bonds. The first-order valence-corrected chi connectivity index (χ1v) is 9.01. The van der Waals surface area contributed by atoms with E-state index in [1.165, 1.54) is 36.8 Å². The first kappa shape index (κ1) is 16.6. The summed E-state index contributed by atoms with van der Waals surface area (Å²) in [5.74, 6) is -0.632. The van der Waals surface area contributed by atoms with Crippen LogP contribution >= 0.6 is 0 Å². The standard InChI is InChI=1S/C20H23N5O/c21-20(22)23-19(26)14-7-8-16-15-5-1-2-6-17(15)25(18(16)13-14)12-11-24-9-3-4-10-24/h1-2,5-8,13H,3-4,9-12H2,(H4,21,22,23,26). The molecular formula is C20H23N5O. The number of nitrogens with two attached hydrogens (primary N) is 2. The van der Waals surface area contributed by atoms with E-state index in [1.54, 1.807) is 6.07 Å². The third-order valence-corrected chi connectivity index (χ3v) is 5.09. The molecule has 0 spiro atoms. The molecule has 134 valence electrons. The molecule has 1 fully saturated rings. The minimum atomic E-state index is -0.414. The first-order valence-electron chi connectivity index (χ1n) is 9.01. The van der Waals surface area contributed by atoms with Gasteiger partial charge in [0.25, 0.3) is 5.91 Å². The van der Waals surface area contributed by atoms with E-state index in [4.69, 9.17) is 11.5 Å². The molecule has 3 aromatic rings. The van der Waals surface area contributed by atoms with Crippen molar-refractivity contribution < 1.29 is 4.79 Å². The molecule has 0 saturated carbocycles. The number of rotatable bonds is 4. The van der Waals surface area contributed by atoms with Gasteiger partial charge >= 0.3 is 0 Å². The van der Waals surface area contributed by atoms with Crippen molar-refractivity contribution in [3.63, 3.8) is 0 Å². The second-order valence-corrected chi connectivity index (χ2v) is 6.79. The highest BCUT2D eigenvalue weighted by molar-refractivity contribution is 6.11. The van der Waals surface area contributed by atoms with E-state index in [0.717, 1.165) is 24.0 Å². The second kappa shape index (κ2) is 6.80. The zero-order valence-corrected chi connectivity index (χ0v) is 14.7. The summed E-state index contributed by atoms with van der Waals surface area (Å²) in [6, 6.07) is 14.0. The fraction of sp³-hybridized carbons (Fsp3) is 0.300. The smallest absolute Gasteiger partial charge is 0.280 e. The molecule has 1 aliphatic heterocycles. The highest BCUT2D eigenvalue weighted by atomic mass is 16.1. The molecular weight excluding hydrogens is 326 g/mol. The molecule has 0 unspecified atom stereocenters. The molecule has 4 N–H and O–H groups in total. The van der Waals surface area contributed by atoms with Gasteiger partial charge in [-0.2, -0.15) is 4.99 Å². The van der Waals surface area contributed by atoms with Crippen molar-refractivity contribution in [3.05, 3.63) is 48.0 Å². The number of likely N-dealkylation sites (tertiary alicyclic amines) is 1. The Hall–Kier alpha value is -2.86. The Morgan fingerprint density at radius 3 is 2.46 bits per heavy atom. The minimum absolute atomic E-state index is 0.218. The summed E-state index contributed by atoms with van der Waals surface area (Å²) in [5, 5.41) is 2.34. The molecule has 4 rings (SSSR count). The third kappa shape index (κ3) is 3.04. The van der Waals surface area contributed by atoms with Crippen LogP contribution in [-0.2, 0) is 6.54 Å². The number of benzene rings is 2. The maximum absolute atomic E-state index is 12.2. The maximum Gasteiger partial charge on any atom is 0.280 e. The van der Waals surface area contributed by atoms with Gasteiger partial charge in [-0.3, -0.25) is 4.79 Å². The average molecular weight is 349 g/mol. The SMILES string of the molecule is NC(N)=NC(=O)c1ccc2c3ccccc3n(CCN3CCCC3)c2c1. The van der Waals surface area contributed by atoms with Gasteiger partial charge < -0.3 is 20.9 Å². The van der Waals surface area contributed by atoms with E-state index in [1.807, 2.05) is 18.2 Å². The van der Waals surface area contributed by atoms with E-state index in [-0.39, 0.29) is 5.96 Å². The summed E-state index contributed by atoms with van der Waals surface area (Å²) < 4.78 is 2.30. The van der Waals surface area contributed by atoms with Crippen molar-refractivity contribution in [2.24, 2.45) is 16.5 Å². The van der Waals surface area contributed by atoms with Gasteiger partial charge in [0.1, 0.15) is 0 Å². The Bertz CT molecular complexity index is 994. The Balaban J connectivity index is 1.79. The Labute approximate surface area is 152 Å². The third-order valence-electron chi connectivity index (χ3n) is 5.09. The van der Waals surface area contributed by atoms with E-state index in [0.29, 0.717) is 5.56 Å². The van der Waals surface area contributed by atoms with Gasteiger partial charge in [-0.15, -0.1) is 0 Å². The molecule has 0 aliphatic carbocycles. The van der Waals surface area contributed by atoms with Crippen molar-refractivity contribution in [3.8, 4) is 0 Å². The molecule has 0 radical (unpaired) electrons. The Morgan fingerprint density at radius 2 is 1.69 bits per heavy atom. The number of amides is 1. The number of aromatic nitrogens is 1. The van der Waals surface area contributed by atoms with Crippen LogP contribution in [0.3, 0.4) is 0 Å². The van der Waals surface area contributed by atoms with Crippen LogP contribution < -0.4 is 11.5 Å². The van der Waals surface area contributed by atoms with Gasteiger partial charge in [-0.25, -0.2) is 0 Å². The van der Waals surface area contributed by atoms with Gasteiger partial charge in [0, 0.05) is 40.5 Å².